The minimum Gasteiger partial charge on any atom is -0.450 e. The van der Waals surface area contributed by atoms with E-state index in [1.165, 1.54) is 12.1 Å². The Morgan fingerprint density at radius 2 is 1.50 bits per heavy atom. The molecule has 0 aliphatic rings. The number of hydrogen-bond acceptors (Lipinski definition) is 3. The molecule has 0 aliphatic heterocycles. The van der Waals surface area contributed by atoms with Gasteiger partial charge in [0.15, 0.2) is 0 Å². The van der Waals surface area contributed by atoms with Gasteiger partial charge in [0.2, 0.25) is 10.0 Å². The van der Waals surface area contributed by atoms with Crippen LogP contribution in [0.3, 0.4) is 0 Å². The number of carbonyl (C=O) groups is 1. The largest absolute Gasteiger partial charge is 0.503 e. The summed E-state index contributed by atoms with van der Waals surface area (Å²) in [4.78, 5) is 8.70. The molecule has 0 spiro atoms. The van der Waals surface area contributed by atoms with E-state index in [0.717, 1.165) is 0 Å². The third kappa shape index (κ3) is 5.98. The van der Waals surface area contributed by atoms with Crippen LogP contribution < -0.4 is 5.14 Å². The lowest BCUT2D eigenvalue weighted by atomic mass is 10.4. The number of carboxylic acid groups (broad SMARTS) is 2. The van der Waals surface area contributed by atoms with E-state index >= 15 is 0 Å². The Hall–Kier alpha value is -1.60. The van der Waals surface area contributed by atoms with Crippen molar-refractivity contribution in [3.05, 3.63) is 30.3 Å². The summed E-state index contributed by atoms with van der Waals surface area (Å²) >= 11 is 0. The topological polar surface area (TPSA) is 118 Å². The predicted octanol–water partition coefficient (Wildman–Crippen LogP) is 0.556. The Morgan fingerprint density at radius 1 is 1.14 bits per heavy atom. The van der Waals surface area contributed by atoms with Crippen LogP contribution in [0.4, 0.5) is 4.79 Å². The zero-order chi connectivity index (χ0) is 11.2. The van der Waals surface area contributed by atoms with Gasteiger partial charge in [0.1, 0.15) is 0 Å². The summed E-state index contributed by atoms with van der Waals surface area (Å²) in [6, 6.07) is 7.89. The molecule has 0 atom stereocenters. The maximum absolute atomic E-state index is 10.6. The molecule has 0 saturated heterocycles. The van der Waals surface area contributed by atoms with Crippen LogP contribution in [-0.4, -0.2) is 24.8 Å². The van der Waals surface area contributed by atoms with Crippen molar-refractivity contribution >= 4 is 16.2 Å². The molecule has 14 heavy (non-hydrogen) atoms. The van der Waals surface area contributed by atoms with E-state index in [9.17, 15) is 8.42 Å². The first-order valence-corrected chi connectivity index (χ1v) is 4.88. The lowest BCUT2D eigenvalue weighted by Gasteiger charge is -1.93. The van der Waals surface area contributed by atoms with Crippen molar-refractivity contribution in [1.29, 1.82) is 0 Å². The van der Waals surface area contributed by atoms with Crippen molar-refractivity contribution in [3.63, 3.8) is 0 Å². The summed E-state index contributed by atoms with van der Waals surface area (Å²) in [6.07, 6.45) is -1.83. The fourth-order valence-electron chi connectivity index (χ4n) is 0.610. The maximum Gasteiger partial charge on any atom is 0.503 e. The SMILES string of the molecule is NS(=O)(=O)c1ccccc1.O=C(O)O. The Balaban J connectivity index is 0.000000364. The molecule has 0 saturated carbocycles. The quantitative estimate of drug-likeness (QED) is 0.637. The van der Waals surface area contributed by atoms with Crippen molar-refractivity contribution in [1.82, 2.24) is 0 Å². The summed E-state index contributed by atoms with van der Waals surface area (Å²) in [6.45, 7) is 0. The van der Waals surface area contributed by atoms with Crippen molar-refractivity contribution in [2.24, 2.45) is 5.14 Å². The van der Waals surface area contributed by atoms with Crippen LogP contribution in [0.2, 0.25) is 0 Å². The van der Waals surface area contributed by atoms with Crippen LogP contribution in [0.25, 0.3) is 0 Å². The standard InChI is InChI=1S/C6H7NO2S.CH2O3/c7-10(8,9)6-4-2-1-3-5-6;2-1(3)4/h1-5H,(H2,7,8,9);(H2,2,3,4). The summed E-state index contributed by atoms with van der Waals surface area (Å²) in [5.41, 5.74) is 0. The first-order valence-electron chi connectivity index (χ1n) is 3.34. The van der Waals surface area contributed by atoms with Gasteiger partial charge in [-0.2, -0.15) is 0 Å². The highest BCUT2D eigenvalue weighted by Gasteiger charge is 2.03. The van der Waals surface area contributed by atoms with Gasteiger partial charge in [-0.05, 0) is 12.1 Å². The highest BCUT2D eigenvalue weighted by atomic mass is 32.2. The zero-order valence-electron chi connectivity index (χ0n) is 6.99. The molecule has 7 heteroatoms. The van der Waals surface area contributed by atoms with E-state index in [0.29, 0.717) is 0 Å². The van der Waals surface area contributed by atoms with Crippen LogP contribution in [0.1, 0.15) is 0 Å². The molecule has 4 N–H and O–H groups in total. The molecule has 0 amide bonds. The minimum absolute atomic E-state index is 0.148. The molecule has 0 heterocycles. The molecule has 0 aliphatic carbocycles. The second kappa shape index (κ2) is 5.20. The Labute approximate surface area is 80.7 Å². The summed E-state index contributed by atoms with van der Waals surface area (Å²) in [7, 11) is -3.50. The molecule has 0 aromatic heterocycles. The van der Waals surface area contributed by atoms with Gasteiger partial charge in [-0.15, -0.1) is 0 Å². The molecule has 1 aromatic rings. The monoisotopic (exact) mass is 219 g/mol. The van der Waals surface area contributed by atoms with Gasteiger partial charge in [0.05, 0.1) is 4.90 Å². The third-order valence-electron chi connectivity index (χ3n) is 1.07. The lowest BCUT2D eigenvalue weighted by Crippen LogP contribution is -2.11. The van der Waals surface area contributed by atoms with Crippen molar-refractivity contribution in [2.45, 2.75) is 4.90 Å². The van der Waals surface area contributed by atoms with Crippen LogP contribution in [-0.2, 0) is 10.0 Å². The van der Waals surface area contributed by atoms with E-state index in [2.05, 4.69) is 0 Å². The van der Waals surface area contributed by atoms with Gasteiger partial charge in [0, 0.05) is 0 Å². The summed E-state index contributed by atoms with van der Waals surface area (Å²) in [5, 5.41) is 18.8. The molecule has 0 radical (unpaired) electrons. The number of hydrogen-bond donors (Lipinski definition) is 3. The average Bonchev–Trinajstić information content (AvgIpc) is 2.03. The van der Waals surface area contributed by atoms with Crippen LogP contribution in [0, 0.1) is 0 Å². The molecule has 1 aromatic carbocycles. The summed E-state index contributed by atoms with van der Waals surface area (Å²) < 4.78 is 21.2. The highest BCUT2D eigenvalue weighted by Crippen LogP contribution is 2.02. The van der Waals surface area contributed by atoms with E-state index < -0.39 is 16.2 Å². The number of rotatable bonds is 1. The fraction of sp³-hybridized carbons (Fsp3) is 0. The van der Waals surface area contributed by atoms with E-state index in [4.69, 9.17) is 20.1 Å². The van der Waals surface area contributed by atoms with Crippen molar-refractivity contribution in [3.8, 4) is 0 Å². The molecule has 6 nitrogen and oxygen atoms in total. The third-order valence-corrected chi connectivity index (χ3v) is 2.00. The number of sulfonamides is 1. The van der Waals surface area contributed by atoms with Gasteiger partial charge in [-0.3, -0.25) is 0 Å². The fourth-order valence-corrected chi connectivity index (χ4v) is 1.15. The molecular weight excluding hydrogens is 210 g/mol. The first kappa shape index (κ1) is 12.4. The normalized spacial score (nSPS) is 9.79. The second-order valence-corrected chi connectivity index (χ2v) is 3.70. The minimum atomic E-state index is -3.50. The summed E-state index contributed by atoms with van der Waals surface area (Å²) in [5.74, 6) is 0. The number of benzene rings is 1. The highest BCUT2D eigenvalue weighted by molar-refractivity contribution is 7.89. The van der Waals surface area contributed by atoms with Gasteiger partial charge >= 0.3 is 6.16 Å². The van der Waals surface area contributed by atoms with Crippen LogP contribution in [0.5, 0.6) is 0 Å². The second-order valence-electron chi connectivity index (χ2n) is 2.14. The molecule has 0 fully saturated rings. The number of primary sulfonamides is 1. The van der Waals surface area contributed by atoms with Gasteiger partial charge in [0.25, 0.3) is 0 Å². The first-order chi connectivity index (χ1) is 6.34. The van der Waals surface area contributed by atoms with Crippen molar-refractivity contribution < 1.29 is 23.4 Å². The molecule has 0 unspecified atom stereocenters. The smallest absolute Gasteiger partial charge is 0.450 e. The molecule has 0 bridgehead atoms. The van der Waals surface area contributed by atoms with Crippen molar-refractivity contribution in [2.75, 3.05) is 0 Å². The van der Waals surface area contributed by atoms with E-state index in [1.54, 1.807) is 18.2 Å². The van der Waals surface area contributed by atoms with Crippen LogP contribution >= 0.6 is 0 Å². The number of nitrogens with two attached hydrogens (primary N) is 1. The van der Waals surface area contributed by atoms with E-state index in [1.807, 2.05) is 0 Å². The van der Waals surface area contributed by atoms with Crippen LogP contribution in [0.15, 0.2) is 35.2 Å². The van der Waals surface area contributed by atoms with Gasteiger partial charge in [-0.25, -0.2) is 18.4 Å². The lowest BCUT2D eigenvalue weighted by molar-refractivity contribution is 0.137. The Morgan fingerprint density at radius 3 is 1.71 bits per heavy atom. The predicted molar refractivity (Wildman–Crippen MR) is 48.5 cm³/mol. The zero-order valence-corrected chi connectivity index (χ0v) is 7.81. The van der Waals surface area contributed by atoms with E-state index in [-0.39, 0.29) is 4.90 Å². The Kier molecular flexibility index (Phi) is 4.60. The maximum atomic E-state index is 10.6. The average molecular weight is 219 g/mol. The molecule has 1 rings (SSSR count). The Bertz CT molecular complexity index is 382. The van der Waals surface area contributed by atoms with Gasteiger partial charge in [-0.1, -0.05) is 18.2 Å². The van der Waals surface area contributed by atoms with Gasteiger partial charge < -0.3 is 10.2 Å². The molecular formula is C7H9NO5S. The molecule has 78 valence electrons.